The lowest BCUT2D eigenvalue weighted by atomic mass is 10.0. The normalized spacial score (nSPS) is 14.5. The van der Waals surface area contributed by atoms with Crippen LogP contribution in [-0.4, -0.2) is 21.5 Å². The van der Waals surface area contributed by atoms with Gasteiger partial charge in [-0.3, -0.25) is 0 Å². The third-order valence-electron chi connectivity index (χ3n) is 4.54. The number of amidine groups is 1. The summed E-state index contributed by atoms with van der Waals surface area (Å²) in [4.78, 5) is 4.99. The molecule has 0 bridgehead atoms. The molecule has 0 radical (unpaired) electrons. The molecule has 1 aliphatic rings. The summed E-state index contributed by atoms with van der Waals surface area (Å²) in [7, 11) is 0. The van der Waals surface area contributed by atoms with E-state index in [1.54, 1.807) is 6.92 Å². The van der Waals surface area contributed by atoms with Gasteiger partial charge in [-0.05, 0) is 31.2 Å². The number of nitrogens with zero attached hydrogens (tertiary/aromatic N) is 1. The van der Waals surface area contributed by atoms with Crippen molar-refractivity contribution >= 4 is 40.1 Å². The summed E-state index contributed by atoms with van der Waals surface area (Å²) < 4.78 is 0. The van der Waals surface area contributed by atoms with E-state index in [2.05, 4.69) is 10.6 Å². The Kier molecular flexibility index (Phi) is 4.48. The van der Waals surface area contributed by atoms with Crippen molar-refractivity contribution in [3.63, 3.8) is 0 Å². The van der Waals surface area contributed by atoms with E-state index in [0.717, 1.165) is 28.2 Å². The summed E-state index contributed by atoms with van der Waals surface area (Å²) in [5, 5.41) is 17.6. The number of anilines is 2. The van der Waals surface area contributed by atoms with Crippen molar-refractivity contribution in [3.05, 3.63) is 78.9 Å². The molecule has 0 aromatic heterocycles. The molecule has 27 heavy (non-hydrogen) atoms. The van der Waals surface area contributed by atoms with E-state index in [4.69, 9.17) is 17.2 Å². The first-order valence-electron chi connectivity index (χ1n) is 8.69. The van der Waals surface area contributed by atoms with Crippen molar-refractivity contribution in [2.45, 2.75) is 12.5 Å². The molecule has 0 aliphatic carbocycles. The van der Waals surface area contributed by atoms with Crippen molar-refractivity contribution in [1.29, 1.82) is 0 Å². The second-order valence-corrected chi connectivity index (χ2v) is 6.95. The van der Waals surface area contributed by atoms with Crippen LogP contribution in [0.1, 0.15) is 6.92 Å². The summed E-state index contributed by atoms with van der Waals surface area (Å²) in [6, 6.07) is 25.4. The monoisotopic (exact) mass is 373 g/mol. The van der Waals surface area contributed by atoms with Crippen LogP contribution in [-0.2, 0) is 0 Å². The molecule has 1 aliphatic heterocycles. The minimum Gasteiger partial charge on any atom is -0.375 e. The summed E-state index contributed by atoms with van der Waals surface area (Å²) in [6.07, 6.45) is 0. The van der Waals surface area contributed by atoms with Crippen molar-refractivity contribution < 1.29 is 5.11 Å². The van der Waals surface area contributed by atoms with Gasteiger partial charge in [-0.25, -0.2) is 4.99 Å². The molecule has 0 saturated carbocycles. The molecule has 3 aromatic rings. The fraction of sp³-hybridized carbons (Fsp3) is 0.0909. The highest BCUT2D eigenvalue weighted by atomic mass is 32.1. The van der Waals surface area contributed by atoms with Crippen LogP contribution in [0.25, 0.3) is 11.1 Å². The van der Waals surface area contributed by atoms with E-state index >= 15 is 0 Å². The van der Waals surface area contributed by atoms with Gasteiger partial charge in [-0.1, -0.05) is 66.8 Å². The average Bonchev–Trinajstić information content (AvgIpc) is 2.86. The van der Waals surface area contributed by atoms with E-state index in [1.807, 2.05) is 78.9 Å². The topological polar surface area (TPSA) is 56.6 Å². The molecule has 0 amide bonds. The molecule has 4 rings (SSSR count). The van der Waals surface area contributed by atoms with Crippen molar-refractivity contribution in [1.82, 2.24) is 0 Å². The Hall–Kier alpha value is -3.02. The Morgan fingerprint density at radius 3 is 2.33 bits per heavy atom. The Morgan fingerprint density at radius 2 is 1.56 bits per heavy atom. The quantitative estimate of drug-likeness (QED) is 0.566. The molecular formula is C22H19N3OS. The standard InChI is InChI=1S/C22H19N3OS/c1-22(26,21(27)23-15-9-3-2-4-10-15)20-24-18-13-7-5-11-16(18)17-12-6-8-14-19(17)25-20/h2-14,26H,1H3,(H,23,27)(H,24,25). The first-order chi connectivity index (χ1) is 13.1. The summed E-state index contributed by atoms with van der Waals surface area (Å²) in [5.41, 5.74) is 3.04. The Morgan fingerprint density at radius 1 is 0.926 bits per heavy atom. The first kappa shape index (κ1) is 17.4. The van der Waals surface area contributed by atoms with Gasteiger partial charge in [0.2, 0.25) is 0 Å². The highest BCUT2D eigenvalue weighted by Crippen LogP contribution is 2.38. The zero-order valence-corrected chi connectivity index (χ0v) is 15.6. The zero-order valence-electron chi connectivity index (χ0n) is 14.8. The molecule has 0 fully saturated rings. The van der Waals surface area contributed by atoms with Gasteiger partial charge in [-0.15, -0.1) is 0 Å². The fourth-order valence-electron chi connectivity index (χ4n) is 3.01. The number of aliphatic hydroxyl groups is 1. The van der Waals surface area contributed by atoms with Crippen LogP contribution in [0.5, 0.6) is 0 Å². The molecule has 0 saturated heterocycles. The number of aliphatic imine (C=N–C) groups is 1. The van der Waals surface area contributed by atoms with Gasteiger partial charge in [-0.2, -0.15) is 0 Å². The highest BCUT2D eigenvalue weighted by molar-refractivity contribution is 7.80. The molecule has 1 heterocycles. The molecule has 1 atom stereocenters. The second kappa shape index (κ2) is 6.95. The van der Waals surface area contributed by atoms with Gasteiger partial charge in [0.05, 0.1) is 5.69 Å². The zero-order chi connectivity index (χ0) is 18.9. The van der Waals surface area contributed by atoms with Crippen LogP contribution in [0, 0.1) is 0 Å². The van der Waals surface area contributed by atoms with Gasteiger partial charge in [0.15, 0.2) is 5.60 Å². The van der Waals surface area contributed by atoms with Crippen LogP contribution in [0.3, 0.4) is 0 Å². The van der Waals surface area contributed by atoms with E-state index in [1.165, 1.54) is 0 Å². The number of rotatable bonds is 3. The molecule has 3 aromatic carbocycles. The van der Waals surface area contributed by atoms with Crippen LogP contribution in [0.15, 0.2) is 83.9 Å². The van der Waals surface area contributed by atoms with Crippen molar-refractivity contribution in [3.8, 4) is 11.1 Å². The van der Waals surface area contributed by atoms with E-state index in [-0.39, 0.29) is 4.99 Å². The largest absolute Gasteiger partial charge is 0.375 e. The maximum atomic E-state index is 11.2. The second-order valence-electron chi connectivity index (χ2n) is 6.54. The number of para-hydroxylation sites is 3. The third-order valence-corrected chi connectivity index (χ3v) is 5.04. The summed E-state index contributed by atoms with van der Waals surface area (Å²) >= 11 is 5.51. The van der Waals surface area contributed by atoms with Crippen molar-refractivity contribution in [2.24, 2.45) is 4.99 Å². The lowest BCUT2D eigenvalue weighted by Crippen LogP contribution is -2.49. The predicted molar refractivity (Wildman–Crippen MR) is 116 cm³/mol. The van der Waals surface area contributed by atoms with E-state index < -0.39 is 5.60 Å². The molecule has 5 heteroatoms. The maximum absolute atomic E-state index is 11.2. The van der Waals surface area contributed by atoms with Crippen LogP contribution in [0.2, 0.25) is 0 Å². The lowest BCUT2D eigenvalue weighted by molar-refractivity contribution is 0.206. The van der Waals surface area contributed by atoms with Gasteiger partial charge < -0.3 is 15.7 Å². The maximum Gasteiger partial charge on any atom is 0.169 e. The molecule has 134 valence electrons. The number of hydrogen-bond acceptors (Lipinski definition) is 4. The van der Waals surface area contributed by atoms with Crippen LogP contribution < -0.4 is 10.6 Å². The highest BCUT2D eigenvalue weighted by Gasteiger charge is 2.35. The molecular weight excluding hydrogens is 354 g/mol. The Balaban J connectivity index is 1.75. The fourth-order valence-corrected chi connectivity index (χ4v) is 3.23. The van der Waals surface area contributed by atoms with Gasteiger partial charge in [0, 0.05) is 22.5 Å². The number of fused-ring (bicyclic) bond motifs is 3. The molecule has 0 spiro atoms. The number of hydrogen-bond donors (Lipinski definition) is 3. The van der Waals surface area contributed by atoms with Crippen LogP contribution in [0.4, 0.5) is 17.1 Å². The van der Waals surface area contributed by atoms with Crippen LogP contribution >= 0.6 is 12.2 Å². The molecule has 4 nitrogen and oxygen atoms in total. The van der Waals surface area contributed by atoms with Gasteiger partial charge in [0.1, 0.15) is 10.8 Å². The molecule has 3 N–H and O–H groups in total. The van der Waals surface area contributed by atoms with Gasteiger partial charge in [0.25, 0.3) is 0 Å². The Bertz CT molecular complexity index is 1030. The number of thiocarbonyl (C=S) groups is 1. The molecule has 1 unspecified atom stereocenters. The number of benzene rings is 3. The minimum atomic E-state index is -1.48. The first-order valence-corrected chi connectivity index (χ1v) is 9.10. The van der Waals surface area contributed by atoms with E-state index in [9.17, 15) is 5.11 Å². The third kappa shape index (κ3) is 3.35. The average molecular weight is 373 g/mol. The SMILES string of the molecule is CC(O)(C(=S)Nc1ccccc1)C1=Nc2ccccc2-c2ccccc2N1. The minimum absolute atomic E-state index is 0.275. The number of nitrogens with one attached hydrogen (secondary N) is 2. The Labute approximate surface area is 163 Å². The van der Waals surface area contributed by atoms with Crippen molar-refractivity contribution in [2.75, 3.05) is 10.6 Å². The summed E-state index contributed by atoms with van der Waals surface area (Å²) in [5.74, 6) is 0.383. The van der Waals surface area contributed by atoms with E-state index in [0.29, 0.717) is 5.84 Å². The lowest BCUT2D eigenvalue weighted by Gasteiger charge is -2.27. The van der Waals surface area contributed by atoms with Gasteiger partial charge >= 0.3 is 0 Å². The predicted octanol–water partition coefficient (Wildman–Crippen LogP) is 5.00. The smallest absolute Gasteiger partial charge is 0.169 e. The summed E-state index contributed by atoms with van der Waals surface area (Å²) in [6.45, 7) is 1.65.